The van der Waals surface area contributed by atoms with Gasteiger partial charge in [0.1, 0.15) is 0 Å². The predicted octanol–water partition coefficient (Wildman–Crippen LogP) is 4.45. The van der Waals surface area contributed by atoms with Gasteiger partial charge in [0, 0.05) is 11.8 Å². The van der Waals surface area contributed by atoms with Crippen LogP contribution in [0.25, 0.3) is 28.7 Å². The molecule has 3 aromatic rings. The molecule has 1 aromatic carbocycles. The summed E-state index contributed by atoms with van der Waals surface area (Å²) in [6.45, 7) is 3.76. The Labute approximate surface area is 118 Å². The first-order chi connectivity index (χ1) is 9.86. The van der Waals surface area contributed by atoms with Gasteiger partial charge in [-0.2, -0.15) is 0 Å². The second-order valence-electron chi connectivity index (χ2n) is 4.45. The zero-order valence-corrected chi connectivity index (χ0v) is 11.0. The number of benzene rings is 1. The molecule has 96 valence electrons. The summed E-state index contributed by atoms with van der Waals surface area (Å²) in [5.74, 6) is 0. The molecule has 0 saturated carbocycles. The van der Waals surface area contributed by atoms with Crippen LogP contribution in [0.2, 0.25) is 0 Å². The van der Waals surface area contributed by atoms with Crippen LogP contribution in [0.15, 0.2) is 73.4 Å². The molecule has 0 amide bonds. The van der Waals surface area contributed by atoms with E-state index in [-0.39, 0.29) is 0 Å². The fourth-order valence-corrected chi connectivity index (χ4v) is 2.04. The molecule has 0 spiro atoms. The minimum Gasteiger partial charge on any atom is -0.255 e. The van der Waals surface area contributed by atoms with Crippen LogP contribution in [0.3, 0.4) is 0 Å². The van der Waals surface area contributed by atoms with Crippen LogP contribution in [0, 0.1) is 0 Å². The fourth-order valence-electron chi connectivity index (χ4n) is 2.04. The standard InChI is InChI=1S/C18H14N2/c1-2-14-9-11-15(12-10-14)16-7-5-8-18(20-16)17-6-3-4-13-19-17/h2-13H,1H2. The van der Waals surface area contributed by atoms with Crippen LogP contribution < -0.4 is 0 Å². The fraction of sp³-hybridized carbons (Fsp3) is 0. The van der Waals surface area contributed by atoms with Gasteiger partial charge in [-0.05, 0) is 29.8 Å². The largest absolute Gasteiger partial charge is 0.255 e. The van der Waals surface area contributed by atoms with Gasteiger partial charge in [0.05, 0.1) is 17.1 Å². The van der Waals surface area contributed by atoms with E-state index in [0.717, 1.165) is 28.2 Å². The minimum atomic E-state index is 0.885. The first kappa shape index (κ1) is 12.3. The van der Waals surface area contributed by atoms with Crippen LogP contribution in [-0.2, 0) is 0 Å². The quantitative estimate of drug-likeness (QED) is 0.693. The molecular weight excluding hydrogens is 244 g/mol. The average Bonchev–Trinajstić information content (AvgIpc) is 2.56. The van der Waals surface area contributed by atoms with E-state index in [2.05, 4.69) is 28.7 Å². The SMILES string of the molecule is C=Cc1ccc(-c2cccc(-c3ccccn3)n2)cc1. The highest BCUT2D eigenvalue weighted by Crippen LogP contribution is 2.21. The summed E-state index contributed by atoms with van der Waals surface area (Å²) in [6.07, 6.45) is 3.62. The molecule has 3 rings (SSSR count). The Hall–Kier alpha value is -2.74. The maximum absolute atomic E-state index is 4.68. The molecule has 20 heavy (non-hydrogen) atoms. The lowest BCUT2D eigenvalue weighted by atomic mass is 10.1. The van der Waals surface area contributed by atoms with Crippen molar-refractivity contribution in [2.45, 2.75) is 0 Å². The van der Waals surface area contributed by atoms with Gasteiger partial charge in [-0.25, -0.2) is 4.98 Å². The first-order valence-electron chi connectivity index (χ1n) is 6.48. The molecule has 2 heteroatoms. The Kier molecular flexibility index (Phi) is 3.38. The number of pyridine rings is 2. The van der Waals surface area contributed by atoms with Gasteiger partial charge in [0.15, 0.2) is 0 Å². The molecular formula is C18H14N2. The highest BCUT2D eigenvalue weighted by molar-refractivity contribution is 5.65. The molecule has 0 radical (unpaired) electrons. The lowest BCUT2D eigenvalue weighted by Crippen LogP contribution is -1.89. The molecule has 0 bridgehead atoms. The van der Waals surface area contributed by atoms with Crippen molar-refractivity contribution in [3.05, 3.63) is 79.0 Å². The summed E-state index contributed by atoms with van der Waals surface area (Å²) in [5, 5.41) is 0. The highest BCUT2D eigenvalue weighted by Gasteiger charge is 2.03. The van der Waals surface area contributed by atoms with Crippen molar-refractivity contribution in [1.82, 2.24) is 9.97 Å². The van der Waals surface area contributed by atoms with Crippen molar-refractivity contribution < 1.29 is 0 Å². The molecule has 0 aliphatic carbocycles. The highest BCUT2D eigenvalue weighted by atomic mass is 14.8. The maximum atomic E-state index is 4.68. The van der Waals surface area contributed by atoms with Crippen LogP contribution in [-0.4, -0.2) is 9.97 Å². The third-order valence-corrected chi connectivity index (χ3v) is 3.12. The molecule has 0 saturated heterocycles. The molecule has 2 heterocycles. The number of aromatic nitrogens is 2. The number of nitrogens with zero attached hydrogens (tertiary/aromatic N) is 2. The van der Waals surface area contributed by atoms with E-state index in [1.165, 1.54) is 0 Å². The monoisotopic (exact) mass is 258 g/mol. The second kappa shape index (κ2) is 5.49. The normalized spacial score (nSPS) is 10.2. The summed E-state index contributed by atoms with van der Waals surface area (Å²) in [5.41, 5.74) is 4.92. The maximum Gasteiger partial charge on any atom is 0.0893 e. The molecule has 2 aromatic heterocycles. The van der Waals surface area contributed by atoms with E-state index in [1.54, 1.807) is 6.20 Å². The average molecular weight is 258 g/mol. The summed E-state index contributed by atoms with van der Waals surface area (Å²) < 4.78 is 0. The Morgan fingerprint density at radius 1 is 0.750 bits per heavy atom. The number of rotatable bonds is 3. The molecule has 0 N–H and O–H groups in total. The third-order valence-electron chi connectivity index (χ3n) is 3.12. The summed E-state index contributed by atoms with van der Waals surface area (Å²) >= 11 is 0. The lowest BCUT2D eigenvalue weighted by Gasteiger charge is -2.05. The Morgan fingerprint density at radius 3 is 2.20 bits per heavy atom. The van der Waals surface area contributed by atoms with Gasteiger partial charge in [-0.15, -0.1) is 0 Å². The van der Waals surface area contributed by atoms with Gasteiger partial charge in [0.2, 0.25) is 0 Å². The Morgan fingerprint density at radius 2 is 1.50 bits per heavy atom. The molecule has 0 atom stereocenters. The predicted molar refractivity (Wildman–Crippen MR) is 83.0 cm³/mol. The van der Waals surface area contributed by atoms with Crippen molar-refractivity contribution in [1.29, 1.82) is 0 Å². The van der Waals surface area contributed by atoms with Crippen molar-refractivity contribution in [2.75, 3.05) is 0 Å². The van der Waals surface area contributed by atoms with Crippen LogP contribution >= 0.6 is 0 Å². The third kappa shape index (κ3) is 2.50. The van der Waals surface area contributed by atoms with Crippen molar-refractivity contribution >= 4 is 6.08 Å². The van der Waals surface area contributed by atoms with Crippen LogP contribution in [0.5, 0.6) is 0 Å². The van der Waals surface area contributed by atoms with E-state index in [9.17, 15) is 0 Å². The summed E-state index contributed by atoms with van der Waals surface area (Å²) in [7, 11) is 0. The molecule has 0 unspecified atom stereocenters. The van der Waals surface area contributed by atoms with Crippen molar-refractivity contribution in [3.8, 4) is 22.6 Å². The van der Waals surface area contributed by atoms with Crippen LogP contribution in [0.4, 0.5) is 0 Å². The Bertz CT molecular complexity index is 716. The van der Waals surface area contributed by atoms with Gasteiger partial charge >= 0.3 is 0 Å². The van der Waals surface area contributed by atoms with Gasteiger partial charge in [0.25, 0.3) is 0 Å². The van der Waals surface area contributed by atoms with E-state index in [4.69, 9.17) is 0 Å². The van der Waals surface area contributed by atoms with E-state index in [1.807, 2.05) is 54.6 Å². The lowest BCUT2D eigenvalue weighted by molar-refractivity contribution is 1.25. The Balaban J connectivity index is 2.00. The van der Waals surface area contributed by atoms with Crippen LogP contribution in [0.1, 0.15) is 5.56 Å². The molecule has 0 fully saturated rings. The topological polar surface area (TPSA) is 25.8 Å². The summed E-state index contributed by atoms with van der Waals surface area (Å²) in [6, 6.07) is 20.0. The first-order valence-corrected chi connectivity index (χ1v) is 6.48. The van der Waals surface area contributed by atoms with Crippen molar-refractivity contribution in [2.24, 2.45) is 0 Å². The molecule has 0 aliphatic heterocycles. The van der Waals surface area contributed by atoms with E-state index < -0.39 is 0 Å². The van der Waals surface area contributed by atoms with Crippen molar-refractivity contribution in [3.63, 3.8) is 0 Å². The second-order valence-corrected chi connectivity index (χ2v) is 4.45. The minimum absolute atomic E-state index is 0.885. The van der Waals surface area contributed by atoms with Gasteiger partial charge in [-0.3, -0.25) is 4.98 Å². The van der Waals surface area contributed by atoms with E-state index >= 15 is 0 Å². The van der Waals surface area contributed by atoms with E-state index in [0.29, 0.717) is 0 Å². The molecule has 0 aliphatic rings. The zero-order valence-electron chi connectivity index (χ0n) is 11.0. The van der Waals surface area contributed by atoms with Gasteiger partial charge < -0.3 is 0 Å². The zero-order chi connectivity index (χ0) is 13.8. The number of hydrogen-bond donors (Lipinski definition) is 0. The smallest absolute Gasteiger partial charge is 0.0893 e. The summed E-state index contributed by atoms with van der Waals surface area (Å²) in [4.78, 5) is 9.02. The molecule has 2 nitrogen and oxygen atoms in total. The number of hydrogen-bond acceptors (Lipinski definition) is 2. The van der Waals surface area contributed by atoms with Gasteiger partial charge in [-0.1, -0.05) is 49.1 Å².